The zero-order chi connectivity index (χ0) is 32.5. The summed E-state index contributed by atoms with van der Waals surface area (Å²) in [5.41, 5.74) is 12.0. The molecule has 0 radical (unpaired) electrons. The number of unbranched alkanes of at least 4 members (excludes halogenated alkanes) is 1. The Morgan fingerprint density at radius 3 is 2.49 bits per heavy atom. The first-order valence-corrected chi connectivity index (χ1v) is 15.7. The van der Waals surface area contributed by atoms with Crippen LogP contribution in [0, 0.1) is 5.92 Å². The number of guanidine groups is 1. The number of hydrogen-bond donors (Lipinski definition) is 7. The second kappa shape index (κ2) is 15.9. The number of carbonyl (C=O) groups is 3. The number of benzene rings is 2. The van der Waals surface area contributed by atoms with Crippen molar-refractivity contribution in [2.45, 2.75) is 81.7 Å². The number of fused-ring (bicyclic) bond motifs is 1. The average Bonchev–Trinajstić information content (AvgIpc) is 3.39. The van der Waals surface area contributed by atoms with E-state index >= 15 is 0 Å². The van der Waals surface area contributed by atoms with Crippen LogP contribution in [0.3, 0.4) is 0 Å². The number of phenolic OH excluding ortho intramolecular Hbond substituents is 1. The number of aromatic hydroxyl groups is 1. The van der Waals surface area contributed by atoms with Crippen LogP contribution in [0.25, 0.3) is 0 Å². The molecular weight excluding hydrogens is 600 g/mol. The molecule has 6 atom stereocenters. The van der Waals surface area contributed by atoms with Gasteiger partial charge in [0.05, 0.1) is 11.1 Å². The molecule has 244 valence electrons. The minimum atomic E-state index is -1.50. The highest BCUT2D eigenvalue weighted by molar-refractivity contribution is 6.32. The van der Waals surface area contributed by atoms with Gasteiger partial charge >= 0.3 is 0 Å². The van der Waals surface area contributed by atoms with Crippen LogP contribution in [-0.2, 0) is 27.2 Å². The number of halogens is 1. The molecule has 1 aliphatic carbocycles. The number of aliphatic hydroxyl groups excluding tert-OH is 2. The molecule has 9 N–H and O–H groups in total. The lowest BCUT2D eigenvalue weighted by Crippen LogP contribution is -2.58. The molecule has 0 spiro atoms. The second-order valence-electron chi connectivity index (χ2n) is 11.9. The molecule has 1 heterocycles. The Bertz CT molecular complexity index is 1360. The average molecular weight is 643 g/mol. The Labute approximate surface area is 267 Å². The molecule has 0 aromatic heterocycles. The molecular formula is C32H43ClN6O6. The van der Waals surface area contributed by atoms with Crippen molar-refractivity contribution in [1.29, 1.82) is 0 Å². The maximum Gasteiger partial charge on any atom is 0.249 e. The van der Waals surface area contributed by atoms with Crippen molar-refractivity contribution in [2.75, 3.05) is 13.1 Å². The molecule has 2 aromatic carbocycles. The highest BCUT2D eigenvalue weighted by atomic mass is 35.5. The van der Waals surface area contributed by atoms with E-state index in [4.69, 9.17) is 23.1 Å². The van der Waals surface area contributed by atoms with E-state index < -0.39 is 36.1 Å². The summed E-state index contributed by atoms with van der Waals surface area (Å²) >= 11 is 5.99. The standard InChI is InChI=1S/C32H43ClN6O6/c33-23-14-20(8-11-27(23)41)16-28(42)30(44)38-24(15-19-6-2-1-3-7-19)31(45)39-25-18-22(40)10-9-21(25)17-26(39)29(43)36-12-4-5-13-37-32(34)35/h1-3,6-8,11,14,21-22,24-26,28,40-42H,4-5,9-10,12-13,15-18H2,(H,36,43)(H,38,44)(H4,34,35,37)/t21-,22+,24-,25-,26-,28+/m0/s1. The van der Waals surface area contributed by atoms with E-state index in [9.17, 15) is 29.7 Å². The molecule has 2 aliphatic rings. The van der Waals surface area contributed by atoms with Crippen molar-refractivity contribution in [3.05, 3.63) is 64.7 Å². The fourth-order valence-corrected chi connectivity index (χ4v) is 6.45. The third-order valence-corrected chi connectivity index (χ3v) is 8.83. The third kappa shape index (κ3) is 9.32. The van der Waals surface area contributed by atoms with Crippen LogP contribution in [0.4, 0.5) is 0 Å². The SMILES string of the molecule is NC(N)=NCCCCNC(=O)[C@@H]1C[C@@H]2CC[C@@H](O)C[C@@H]2N1C(=O)[C@H](Cc1ccccc1)NC(=O)[C@H](O)Cc1ccc(O)c(Cl)c1. The van der Waals surface area contributed by atoms with Gasteiger partial charge in [0.2, 0.25) is 17.7 Å². The summed E-state index contributed by atoms with van der Waals surface area (Å²) in [6.45, 7) is 0.827. The molecule has 1 saturated carbocycles. The molecule has 0 unspecified atom stereocenters. The summed E-state index contributed by atoms with van der Waals surface area (Å²) in [4.78, 5) is 46.7. The fourth-order valence-electron chi connectivity index (χ4n) is 6.25. The Morgan fingerprint density at radius 2 is 1.78 bits per heavy atom. The van der Waals surface area contributed by atoms with Crippen molar-refractivity contribution in [2.24, 2.45) is 22.4 Å². The molecule has 4 rings (SSSR count). The van der Waals surface area contributed by atoms with Gasteiger partial charge < -0.3 is 42.3 Å². The van der Waals surface area contributed by atoms with E-state index in [0.29, 0.717) is 57.2 Å². The zero-order valence-electron chi connectivity index (χ0n) is 25.1. The summed E-state index contributed by atoms with van der Waals surface area (Å²) in [5.74, 6) is -1.56. The Morgan fingerprint density at radius 1 is 1.02 bits per heavy atom. The van der Waals surface area contributed by atoms with Gasteiger partial charge in [-0.15, -0.1) is 0 Å². The largest absolute Gasteiger partial charge is 0.506 e. The molecule has 12 nitrogen and oxygen atoms in total. The fraction of sp³-hybridized carbons (Fsp3) is 0.500. The van der Waals surface area contributed by atoms with Gasteiger partial charge in [-0.05, 0) is 67.7 Å². The van der Waals surface area contributed by atoms with Crippen molar-refractivity contribution < 1.29 is 29.7 Å². The summed E-state index contributed by atoms with van der Waals surface area (Å²) < 4.78 is 0. The maximum absolute atomic E-state index is 14.4. The molecule has 2 aromatic rings. The van der Waals surface area contributed by atoms with Crippen LogP contribution < -0.4 is 22.1 Å². The van der Waals surface area contributed by atoms with Crippen LogP contribution in [0.15, 0.2) is 53.5 Å². The lowest BCUT2D eigenvalue weighted by atomic mass is 9.83. The van der Waals surface area contributed by atoms with Gasteiger partial charge in [-0.25, -0.2) is 0 Å². The maximum atomic E-state index is 14.4. The van der Waals surface area contributed by atoms with Crippen LogP contribution >= 0.6 is 11.6 Å². The summed E-state index contributed by atoms with van der Waals surface area (Å²) in [7, 11) is 0. The van der Waals surface area contributed by atoms with Crippen LogP contribution in [0.1, 0.15) is 49.7 Å². The van der Waals surface area contributed by atoms with Gasteiger partial charge in [0.15, 0.2) is 5.96 Å². The van der Waals surface area contributed by atoms with E-state index in [1.54, 1.807) is 11.0 Å². The summed E-state index contributed by atoms with van der Waals surface area (Å²) in [6.07, 6.45) is 1.34. The van der Waals surface area contributed by atoms with Gasteiger partial charge in [0, 0.05) is 32.0 Å². The summed E-state index contributed by atoms with van der Waals surface area (Å²) in [5, 5.41) is 36.8. The molecule has 1 saturated heterocycles. The van der Waals surface area contributed by atoms with Crippen molar-refractivity contribution in [3.8, 4) is 5.75 Å². The number of carbonyl (C=O) groups excluding carboxylic acids is 3. The first-order chi connectivity index (χ1) is 21.5. The molecule has 13 heteroatoms. The zero-order valence-corrected chi connectivity index (χ0v) is 25.9. The minimum Gasteiger partial charge on any atom is -0.506 e. The van der Waals surface area contributed by atoms with Gasteiger partial charge in [-0.3, -0.25) is 19.4 Å². The number of nitrogens with two attached hydrogens (primary N) is 2. The number of rotatable bonds is 13. The number of aliphatic imine (C=N–C) groups is 1. The monoisotopic (exact) mass is 642 g/mol. The van der Waals surface area contributed by atoms with Gasteiger partial charge in [0.25, 0.3) is 0 Å². The normalized spacial score (nSPS) is 22.2. The smallest absolute Gasteiger partial charge is 0.249 e. The Hall–Kier alpha value is -3.87. The third-order valence-electron chi connectivity index (χ3n) is 8.52. The lowest BCUT2D eigenvalue weighted by molar-refractivity contribution is -0.145. The lowest BCUT2D eigenvalue weighted by Gasteiger charge is -2.37. The van der Waals surface area contributed by atoms with Crippen LogP contribution in [0.2, 0.25) is 5.02 Å². The van der Waals surface area contributed by atoms with E-state index in [0.717, 1.165) is 5.56 Å². The number of hydrogen-bond acceptors (Lipinski definition) is 7. The number of likely N-dealkylation sites (tertiary alicyclic amines) is 1. The van der Waals surface area contributed by atoms with Crippen molar-refractivity contribution in [3.63, 3.8) is 0 Å². The number of amides is 3. The molecule has 2 fully saturated rings. The Balaban J connectivity index is 1.52. The summed E-state index contributed by atoms with van der Waals surface area (Å²) in [6, 6.07) is 11.4. The number of nitrogens with zero attached hydrogens (tertiary/aromatic N) is 2. The van der Waals surface area contributed by atoms with E-state index in [2.05, 4.69) is 15.6 Å². The van der Waals surface area contributed by atoms with E-state index in [1.807, 2.05) is 30.3 Å². The molecule has 45 heavy (non-hydrogen) atoms. The van der Waals surface area contributed by atoms with Crippen molar-refractivity contribution >= 4 is 35.3 Å². The predicted molar refractivity (Wildman–Crippen MR) is 170 cm³/mol. The minimum absolute atomic E-state index is 0.0124. The number of phenols is 1. The van der Waals surface area contributed by atoms with Crippen molar-refractivity contribution in [1.82, 2.24) is 15.5 Å². The first kappa shape index (κ1) is 34.0. The van der Waals surface area contributed by atoms with Gasteiger partial charge in [-0.2, -0.15) is 0 Å². The van der Waals surface area contributed by atoms with Gasteiger partial charge in [0.1, 0.15) is 23.9 Å². The molecule has 1 aliphatic heterocycles. The van der Waals surface area contributed by atoms with Gasteiger partial charge in [-0.1, -0.05) is 48.0 Å². The van der Waals surface area contributed by atoms with E-state index in [-0.39, 0.29) is 47.4 Å². The first-order valence-electron chi connectivity index (χ1n) is 15.4. The quantitative estimate of drug-likeness (QED) is 0.0951. The number of aliphatic hydroxyl groups is 2. The van der Waals surface area contributed by atoms with Crippen LogP contribution in [0.5, 0.6) is 5.75 Å². The highest BCUT2D eigenvalue weighted by Crippen LogP contribution is 2.40. The van der Waals surface area contributed by atoms with E-state index in [1.165, 1.54) is 12.1 Å². The molecule has 0 bridgehead atoms. The number of nitrogens with one attached hydrogen (secondary N) is 2. The highest BCUT2D eigenvalue weighted by Gasteiger charge is 2.50. The second-order valence-corrected chi connectivity index (χ2v) is 12.3. The predicted octanol–water partition coefficient (Wildman–Crippen LogP) is 0.977. The van der Waals surface area contributed by atoms with Crippen LogP contribution in [-0.4, -0.2) is 87.3 Å². The topological polar surface area (TPSA) is 204 Å². The Kier molecular flexibility index (Phi) is 12.0. The molecule has 3 amide bonds.